The van der Waals surface area contributed by atoms with E-state index in [-0.39, 0.29) is 23.6 Å². The zero-order valence-electron chi connectivity index (χ0n) is 12.4. The molecule has 1 aliphatic heterocycles. The fourth-order valence-electron chi connectivity index (χ4n) is 2.57. The SMILES string of the molecule is O=C(NC1CCN(C(=O)c2ccccn2)CC1)c1ccc(Br)o1. The molecule has 1 N–H and O–H groups in total. The van der Waals surface area contributed by atoms with Crippen molar-refractivity contribution in [1.29, 1.82) is 0 Å². The number of carbonyl (C=O) groups excluding carboxylic acids is 2. The van der Waals surface area contributed by atoms with Crippen molar-refractivity contribution in [2.45, 2.75) is 18.9 Å². The van der Waals surface area contributed by atoms with Crippen LogP contribution >= 0.6 is 15.9 Å². The van der Waals surface area contributed by atoms with Gasteiger partial charge >= 0.3 is 0 Å². The number of likely N-dealkylation sites (tertiary alicyclic amines) is 1. The number of piperidine rings is 1. The highest BCUT2D eigenvalue weighted by molar-refractivity contribution is 9.10. The van der Waals surface area contributed by atoms with Crippen LogP contribution < -0.4 is 5.32 Å². The largest absolute Gasteiger partial charge is 0.444 e. The molecule has 0 aliphatic carbocycles. The second-order valence-electron chi connectivity index (χ2n) is 5.36. The molecule has 0 spiro atoms. The maximum atomic E-state index is 12.3. The molecule has 0 saturated carbocycles. The third kappa shape index (κ3) is 3.79. The van der Waals surface area contributed by atoms with Gasteiger partial charge in [-0.25, -0.2) is 0 Å². The lowest BCUT2D eigenvalue weighted by atomic mass is 10.0. The van der Waals surface area contributed by atoms with Crippen molar-refractivity contribution in [2.24, 2.45) is 0 Å². The van der Waals surface area contributed by atoms with Crippen LogP contribution in [0.5, 0.6) is 0 Å². The van der Waals surface area contributed by atoms with Crippen molar-refractivity contribution in [3.05, 3.63) is 52.7 Å². The molecule has 0 aromatic carbocycles. The number of pyridine rings is 1. The standard InChI is InChI=1S/C16H16BrN3O3/c17-14-5-4-13(23-14)15(21)19-11-6-9-20(10-7-11)16(22)12-3-1-2-8-18-12/h1-5,8,11H,6-7,9-10H2,(H,19,21). The highest BCUT2D eigenvalue weighted by Gasteiger charge is 2.25. The third-order valence-corrected chi connectivity index (χ3v) is 4.22. The van der Waals surface area contributed by atoms with E-state index < -0.39 is 0 Å². The molecule has 3 heterocycles. The summed E-state index contributed by atoms with van der Waals surface area (Å²) in [6.07, 6.45) is 3.04. The van der Waals surface area contributed by atoms with Gasteiger partial charge in [-0.15, -0.1) is 0 Å². The number of nitrogens with zero attached hydrogens (tertiary/aromatic N) is 2. The third-order valence-electron chi connectivity index (χ3n) is 3.80. The van der Waals surface area contributed by atoms with Crippen LogP contribution in [0.2, 0.25) is 0 Å². The number of aromatic nitrogens is 1. The van der Waals surface area contributed by atoms with Crippen LogP contribution in [-0.4, -0.2) is 40.8 Å². The summed E-state index contributed by atoms with van der Waals surface area (Å²) in [4.78, 5) is 30.2. The fourth-order valence-corrected chi connectivity index (χ4v) is 2.88. The summed E-state index contributed by atoms with van der Waals surface area (Å²) < 4.78 is 5.76. The van der Waals surface area contributed by atoms with E-state index in [0.29, 0.717) is 36.3 Å². The van der Waals surface area contributed by atoms with E-state index >= 15 is 0 Å². The first-order valence-electron chi connectivity index (χ1n) is 7.40. The van der Waals surface area contributed by atoms with Crippen molar-refractivity contribution in [1.82, 2.24) is 15.2 Å². The first-order valence-corrected chi connectivity index (χ1v) is 8.19. The minimum Gasteiger partial charge on any atom is -0.444 e. The molecule has 1 aliphatic rings. The Morgan fingerprint density at radius 2 is 2.00 bits per heavy atom. The number of rotatable bonds is 3. The Balaban J connectivity index is 1.52. The van der Waals surface area contributed by atoms with Crippen molar-refractivity contribution < 1.29 is 14.0 Å². The van der Waals surface area contributed by atoms with Crippen LogP contribution in [0.3, 0.4) is 0 Å². The van der Waals surface area contributed by atoms with E-state index in [2.05, 4.69) is 26.2 Å². The normalized spacial score (nSPS) is 15.4. The predicted molar refractivity (Wildman–Crippen MR) is 87.0 cm³/mol. The van der Waals surface area contributed by atoms with E-state index in [1.165, 1.54) is 0 Å². The first kappa shape index (κ1) is 15.7. The molecule has 2 amide bonds. The Kier molecular flexibility index (Phi) is 4.76. The predicted octanol–water partition coefficient (Wildman–Crippen LogP) is 2.47. The van der Waals surface area contributed by atoms with Crippen LogP contribution in [0.15, 0.2) is 45.6 Å². The summed E-state index contributed by atoms with van der Waals surface area (Å²) in [6.45, 7) is 1.20. The minimum atomic E-state index is -0.231. The van der Waals surface area contributed by atoms with Gasteiger partial charge in [0.2, 0.25) is 0 Å². The van der Waals surface area contributed by atoms with E-state index in [0.717, 1.165) is 0 Å². The lowest BCUT2D eigenvalue weighted by molar-refractivity contribution is 0.0690. The van der Waals surface area contributed by atoms with Crippen LogP contribution in [0.4, 0.5) is 0 Å². The Morgan fingerprint density at radius 3 is 2.61 bits per heavy atom. The average molecular weight is 378 g/mol. The summed E-state index contributed by atoms with van der Waals surface area (Å²) in [6, 6.07) is 8.65. The molecule has 3 rings (SSSR count). The number of halogens is 1. The molecule has 23 heavy (non-hydrogen) atoms. The molecule has 1 saturated heterocycles. The van der Waals surface area contributed by atoms with E-state index in [1.54, 1.807) is 41.4 Å². The molecule has 2 aromatic heterocycles. The second-order valence-corrected chi connectivity index (χ2v) is 6.14. The molecule has 120 valence electrons. The summed E-state index contributed by atoms with van der Waals surface area (Å²) in [5.74, 6) is -0.0144. The van der Waals surface area contributed by atoms with E-state index in [4.69, 9.17) is 4.42 Å². The highest BCUT2D eigenvalue weighted by Crippen LogP contribution is 2.16. The van der Waals surface area contributed by atoms with Crippen LogP contribution in [0, 0.1) is 0 Å². The van der Waals surface area contributed by atoms with Gasteiger partial charge in [0, 0.05) is 25.3 Å². The summed E-state index contributed by atoms with van der Waals surface area (Å²) in [5.41, 5.74) is 0.454. The van der Waals surface area contributed by atoms with Crippen molar-refractivity contribution >= 4 is 27.7 Å². The van der Waals surface area contributed by atoms with Gasteiger partial charge in [-0.2, -0.15) is 0 Å². The lowest BCUT2D eigenvalue weighted by Crippen LogP contribution is -2.46. The number of hydrogen-bond acceptors (Lipinski definition) is 4. The van der Waals surface area contributed by atoms with Gasteiger partial charge in [0.1, 0.15) is 5.69 Å². The minimum absolute atomic E-state index is 0.0409. The Morgan fingerprint density at radius 1 is 1.22 bits per heavy atom. The first-order chi connectivity index (χ1) is 11.1. The number of hydrogen-bond donors (Lipinski definition) is 1. The van der Waals surface area contributed by atoms with Crippen LogP contribution in [0.25, 0.3) is 0 Å². The van der Waals surface area contributed by atoms with Crippen molar-refractivity contribution in [3.8, 4) is 0 Å². The topological polar surface area (TPSA) is 75.4 Å². The lowest BCUT2D eigenvalue weighted by Gasteiger charge is -2.32. The van der Waals surface area contributed by atoms with Gasteiger partial charge in [0.25, 0.3) is 11.8 Å². The molecule has 6 nitrogen and oxygen atoms in total. The van der Waals surface area contributed by atoms with Crippen LogP contribution in [-0.2, 0) is 0 Å². The average Bonchev–Trinajstić information content (AvgIpc) is 3.02. The van der Waals surface area contributed by atoms with Gasteiger partial charge in [0.05, 0.1) is 0 Å². The van der Waals surface area contributed by atoms with Gasteiger partial charge in [-0.1, -0.05) is 6.07 Å². The molecule has 7 heteroatoms. The van der Waals surface area contributed by atoms with Gasteiger partial charge in [-0.05, 0) is 53.0 Å². The molecule has 0 bridgehead atoms. The summed E-state index contributed by atoms with van der Waals surface area (Å²) in [7, 11) is 0. The van der Waals surface area contributed by atoms with E-state index in [1.807, 2.05) is 0 Å². The maximum absolute atomic E-state index is 12.3. The molecule has 1 fully saturated rings. The summed E-state index contributed by atoms with van der Waals surface area (Å²) in [5, 5.41) is 2.94. The van der Waals surface area contributed by atoms with Gasteiger partial charge < -0.3 is 14.6 Å². The molecular formula is C16H16BrN3O3. The zero-order chi connectivity index (χ0) is 16.2. The number of carbonyl (C=O) groups is 2. The molecule has 0 atom stereocenters. The fraction of sp³-hybridized carbons (Fsp3) is 0.312. The molecular weight excluding hydrogens is 362 g/mol. The van der Waals surface area contributed by atoms with E-state index in [9.17, 15) is 9.59 Å². The zero-order valence-corrected chi connectivity index (χ0v) is 14.0. The summed E-state index contributed by atoms with van der Waals surface area (Å²) >= 11 is 3.17. The Bertz CT molecular complexity index is 694. The quantitative estimate of drug-likeness (QED) is 0.891. The van der Waals surface area contributed by atoms with Crippen molar-refractivity contribution in [3.63, 3.8) is 0 Å². The number of amides is 2. The van der Waals surface area contributed by atoms with Gasteiger partial charge in [-0.3, -0.25) is 14.6 Å². The molecule has 2 aromatic rings. The Labute approximate surface area is 142 Å². The Hall–Kier alpha value is -2.15. The number of nitrogens with one attached hydrogen (secondary N) is 1. The van der Waals surface area contributed by atoms with Crippen molar-refractivity contribution in [2.75, 3.05) is 13.1 Å². The number of furan rings is 1. The second kappa shape index (κ2) is 6.95. The highest BCUT2D eigenvalue weighted by atomic mass is 79.9. The monoisotopic (exact) mass is 377 g/mol. The molecule has 0 radical (unpaired) electrons. The smallest absolute Gasteiger partial charge is 0.287 e. The van der Waals surface area contributed by atoms with Crippen LogP contribution in [0.1, 0.15) is 33.9 Å². The van der Waals surface area contributed by atoms with Gasteiger partial charge in [0.15, 0.2) is 10.4 Å². The maximum Gasteiger partial charge on any atom is 0.287 e. The molecule has 0 unspecified atom stereocenters.